The molecule has 9 nitrogen and oxygen atoms in total. The second-order valence-electron chi connectivity index (χ2n) is 5.32. The van der Waals surface area contributed by atoms with Gasteiger partial charge >= 0.3 is 11.7 Å². The molecule has 0 radical (unpaired) electrons. The van der Waals surface area contributed by atoms with Crippen LogP contribution in [-0.2, 0) is 14.3 Å². The van der Waals surface area contributed by atoms with Crippen LogP contribution in [0.5, 0.6) is 0 Å². The molecule has 1 aromatic heterocycles. The Kier molecular flexibility index (Phi) is 5.69. The molecule has 0 saturated carbocycles. The zero-order valence-corrected chi connectivity index (χ0v) is 13.1. The van der Waals surface area contributed by atoms with Crippen LogP contribution >= 0.6 is 0 Å². The molecule has 1 aromatic rings. The topological polar surface area (TPSA) is 123 Å². The van der Waals surface area contributed by atoms with E-state index in [1.54, 1.807) is 13.8 Å². The highest BCUT2D eigenvalue weighted by Crippen LogP contribution is 2.27. The van der Waals surface area contributed by atoms with Gasteiger partial charge in [-0.25, -0.2) is 4.79 Å². The first-order valence-corrected chi connectivity index (χ1v) is 7.43. The standard InChI is InChI=1S/C14H21N3O6/c1-3-22-12(19)5-15-9-4-11(23-10(9)7-18)17-6-8(2)13(20)16-14(17)21/h6,9-11,15,18H,3-5,7H2,1-2H3,(H,16,20,21)/t9-,10+,11+/m0/s1. The van der Waals surface area contributed by atoms with Crippen molar-refractivity contribution in [3.63, 3.8) is 0 Å². The highest BCUT2D eigenvalue weighted by molar-refractivity contribution is 5.71. The minimum atomic E-state index is -0.630. The molecule has 9 heteroatoms. The lowest BCUT2D eigenvalue weighted by atomic mass is 10.1. The van der Waals surface area contributed by atoms with Gasteiger partial charge in [-0.05, 0) is 13.8 Å². The Hall–Kier alpha value is -1.97. The van der Waals surface area contributed by atoms with E-state index in [2.05, 4.69) is 10.3 Å². The van der Waals surface area contributed by atoms with Crippen molar-refractivity contribution in [2.45, 2.75) is 38.6 Å². The van der Waals surface area contributed by atoms with Crippen molar-refractivity contribution < 1.29 is 19.4 Å². The molecular weight excluding hydrogens is 306 g/mol. The fraction of sp³-hybridized carbons (Fsp3) is 0.643. The van der Waals surface area contributed by atoms with Crippen LogP contribution in [0, 0.1) is 6.92 Å². The summed E-state index contributed by atoms with van der Waals surface area (Å²) in [7, 11) is 0. The number of aliphatic hydroxyl groups is 1. The predicted octanol–water partition coefficient (Wildman–Crippen LogP) is -1.35. The third-order valence-corrected chi connectivity index (χ3v) is 3.69. The largest absolute Gasteiger partial charge is 0.465 e. The Morgan fingerprint density at radius 2 is 2.30 bits per heavy atom. The lowest BCUT2D eigenvalue weighted by molar-refractivity contribution is -0.142. The van der Waals surface area contributed by atoms with Gasteiger partial charge in [0.05, 0.1) is 25.9 Å². The number of carbonyl (C=O) groups is 1. The van der Waals surface area contributed by atoms with Gasteiger partial charge in [-0.3, -0.25) is 19.1 Å². The number of nitrogens with zero attached hydrogens (tertiary/aromatic N) is 1. The van der Waals surface area contributed by atoms with Gasteiger partial charge in [-0.1, -0.05) is 0 Å². The number of aromatic amines is 1. The SMILES string of the molecule is CCOC(=O)CN[C@H]1C[C@H](n2cc(C)c(=O)[nH]c2=O)O[C@@H]1CO. The smallest absolute Gasteiger partial charge is 0.330 e. The van der Waals surface area contributed by atoms with Crippen LogP contribution in [0.25, 0.3) is 0 Å². The molecule has 0 unspecified atom stereocenters. The number of nitrogens with one attached hydrogen (secondary N) is 2. The van der Waals surface area contributed by atoms with Gasteiger partial charge < -0.3 is 19.9 Å². The Morgan fingerprint density at radius 3 is 2.96 bits per heavy atom. The van der Waals surface area contributed by atoms with Crippen LogP contribution in [-0.4, -0.2) is 52.5 Å². The predicted molar refractivity (Wildman–Crippen MR) is 80.1 cm³/mol. The summed E-state index contributed by atoms with van der Waals surface area (Å²) in [5.74, 6) is -0.398. The molecule has 0 bridgehead atoms. The molecule has 1 fully saturated rings. The second-order valence-corrected chi connectivity index (χ2v) is 5.32. The highest BCUT2D eigenvalue weighted by Gasteiger charge is 2.36. The molecule has 2 rings (SSSR count). The minimum Gasteiger partial charge on any atom is -0.465 e. The maximum atomic E-state index is 11.9. The summed E-state index contributed by atoms with van der Waals surface area (Å²) >= 11 is 0. The zero-order chi connectivity index (χ0) is 17.0. The van der Waals surface area contributed by atoms with E-state index in [1.807, 2.05) is 0 Å². The van der Waals surface area contributed by atoms with Gasteiger partial charge in [0.15, 0.2) is 0 Å². The molecule has 0 spiro atoms. The molecule has 0 aliphatic carbocycles. The van der Waals surface area contributed by atoms with Crippen molar-refractivity contribution in [2.75, 3.05) is 19.8 Å². The van der Waals surface area contributed by atoms with E-state index < -0.39 is 29.6 Å². The van der Waals surface area contributed by atoms with Crippen molar-refractivity contribution in [1.82, 2.24) is 14.9 Å². The molecule has 1 saturated heterocycles. The second kappa shape index (κ2) is 7.53. The lowest BCUT2D eigenvalue weighted by Crippen LogP contribution is -2.41. The Bertz CT molecular complexity index is 667. The summed E-state index contributed by atoms with van der Waals surface area (Å²) in [5.41, 5.74) is -0.634. The molecule has 1 aliphatic rings. The van der Waals surface area contributed by atoms with E-state index in [9.17, 15) is 19.5 Å². The molecule has 2 heterocycles. The normalized spacial score (nSPS) is 23.9. The Labute approximate surface area is 132 Å². The minimum absolute atomic E-state index is 0.00929. The number of carbonyl (C=O) groups excluding carboxylic acids is 1. The fourth-order valence-electron chi connectivity index (χ4n) is 2.51. The Balaban J connectivity index is 2.09. The first-order chi connectivity index (χ1) is 11.0. The Morgan fingerprint density at radius 1 is 1.57 bits per heavy atom. The first kappa shape index (κ1) is 17.4. The van der Waals surface area contributed by atoms with Crippen molar-refractivity contribution in [2.24, 2.45) is 0 Å². The number of hydrogen-bond acceptors (Lipinski definition) is 7. The first-order valence-electron chi connectivity index (χ1n) is 7.43. The fourth-order valence-corrected chi connectivity index (χ4v) is 2.51. The van der Waals surface area contributed by atoms with Gasteiger partial charge in [0.25, 0.3) is 5.56 Å². The van der Waals surface area contributed by atoms with Gasteiger partial charge in [0.1, 0.15) is 6.23 Å². The number of aliphatic hydroxyl groups excluding tert-OH is 1. The van der Waals surface area contributed by atoms with Crippen LogP contribution in [0.2, 0.25) is 0 Å². The van der Waals surface area contributed by atoms with Gasteiger partial charge in [0.2, 0.25) is 0 Å². The molecular formula is C14H21N3O6. The molecule has 1 aliphatic heterocycles. The number of rotatable bonds is 6. The average Bonchev–Trinajstić information content (AvgIpc) is 2.92. The van der Waals surface area contributed by atoms with Gasteiger partial charge in [-0.2, -0.15) is 0 Å². The summed E-state index contributed by atoms with van der Waals surface area (Å²) in [6.45, 7) is 3.33. The number of H-pyrrole nitrogens is 1. The van der Waals surface area contributed by atoms with E-state index in [4.69, 9.17) is 9.47 Å². The summed E-state index contributed by atoms with van der Waals surface area (Å²) in [6.07, 6.45) is 0.604. The molecule has 3 N–H and O–H groups in total. The summed E-state index contributed by atoms with van der Waals surface area (Å²) < 4.78 is 11.8. The molecule has 0 amide bonds. The maximum absolute atomic E-state index is 11.9. The van der Waals surface area contributed by atoms with Crippen LogP contribution in [0.1, 0.15) is 25.1 Å². The lowest BCUT2D eigenvalue weighted by Gasteiger charge is -2.16. The van der Waals surface area contributed by atoms with E-state index >= 15 is 0 Å². The number of ether oxygens (including phenoxy) is 2. The molecule has 0 aromatic carbocycles. The number of hydrogen-bond donors (Lipinski definition) is 3. The van der Waals surface area contributed by atoms with Crippen molar-refractivity contribution >= 4 is 5.97 Å². The van der Waals surface area contributed by atoms with Crippen molar-refractivity contribution in [3.05, 3.63) is 32.6 Å². The van der Waals surface area contributed by atoms with E-state index in [0.717, 1.165) is 0 Å². The van der Waals surface area contributed by atoms with Crippen LogP contribution in [0.15, 0.2) is 15.8 Å². The van der Waals surface area contributed by atoms with Gasteiger partial charge in [0, 0.05) is 24.2 Å². The van der Waals surface area contributed by atoms with Crippen LogP contribution in [0.4, 0.5) is 0 Å². The van der Waals surface area contributed by atoms with Crippen molar-refractivity contribution in [3.8, 4) is 0 Å². The van der Waals surface area contributed by atoms with Crippen molar-refractivity contribution in [1.29, 1.82) is 0 Å². The van der Waals surface area contributed by atoms with Crippen LogP contribution in [0.3, 0.4) is 0 Å². The number of aromatic nitrogens is 2. The molecule has 128 valence electrons. The third kappa shape index (κ3) is 4.06. The van der Waals surface area contributed by atoms with E-state index in [1.165, 1.54) is 10.8 Å². The summed E-state index contributed by atoms with van der Waals surface area (Å²) in [4.78, 5) is 36.9. The van der Waals surface area contributed by atoms with Gasteiger partial charge in [-0.15, -0.1) is 0 Å². The molecule has 3 atom stereocenters. The zero-order valence-electron chi connectivity index (χ0n) is 13.1. The maximum Gasteiger partial charge on any atom is 0.330 e. The third-order valence-electron chi connectivity index (χ3n) is 3.69. The summed E-state index contributed by atoms with van der Waals surface area (Å²) in [6, 6.07) is -0.312. The average molecular weight is 327 g/mol. The van der Waals surface area contributed by atoms with Crippen LogP contribution < -0.4 is 16.6 Å². The summed E-state index contributed by atoms with van der Waals surface area (Å²) in [5, 5.41) is 12.4. The number of aryl methyl sites for hydroxylation is 1. The molecule has 23 heavy (non-hydrogen) atoms. The quantitative estimate of drug-likeness (QED) is 0.552. The monoisotopic (exact) mass is 327 g/mol. The number of esters is 1. The van der Waals surface area contributed by atoms with E-state index in [-0.39, 0.29) is 19.2 Å². The van der Waals surface area contributed by atoms with E-state index in [0.29, 0.717) is 18.6 Å². The highest BCUT2D eigenvalue weighted by atomic mass is 16.5.